The highest BCUT2D eigenvalue weighted by Crippen LogP contribution is 2.19. The Labute approximate surface area is 80.4 Å². The van der Waals surface area contributed by atoms with Crippen molar-refractivity contribution in [2.45, 2.75) is 12.5 Å². The molecular weight excluding hydrogens is 184 g/mol. The van der Waals surface area contributed by atoms with Gasteiger partial charge in [-0.15, -0.1) is 0 Å². The molecule has 72 valence electrons. The average molecular weight is 192 g/mol. The number of nitro groups is 1. The van der Waals surface area contributed by atoms with E-state index in [9.17, 15) is 15.2 Å². The van der Waals surface area contributed by atoms with Gasteiger partial charge in [0.25, 0.3) is 5.69 Å². The van der Waals surface area contributed by atoms with E-state index in [1.54, 1.807) is 0 Å². The molecule has 1 unspecified atom stereocenters. The van der Waals surface area contributed by atoms with E-state index in [1.807, 2.05) is 6.07 Å². The first-order chi connectivity index (χ1) is 6.65. The van der Waals surface area contributed by atoms with Crippen molar-refractivity contribution in [2.24, 2.45) is 0 Å². The molecule has 1 aromatic carbocycles. The lowest BCUT2D eigenvalue weighted by Crippen LogP contribution is -1.96. The van der Waals surface area contributed by atoms with Gasteiger partial charge in [-0.1, -0.05) is 0 Å². The topological polar surface area (TPSA) is 87.2 Å². The van der Waals surface area contributed by atoms with E-state index >= 15 is 0 Å². The molecule has 0 aliphatic carbocycles. The second kappa shape index (κ2) is 4.35. The van der Waals surface area contributed by atoms with Crippen LogP contribution < -0.4 is 0 Å². The number of nitriles is 1. The predicted molar refractivity (Wildman–Crippen MR) is 48.3 cm³/mol. The van der Waals surface area contributed by atoms with Gasteiger partial charge >= 0.3 is 0 Å². The van der Waals surface area contributed by atoms with Crippen LogP contribution in [-0.2, 0) is 0 Å². The number of aliphatic hydroxyl groups excluding tert-OH is 1. The van der Waals surface area contributed by atoms with Gasteiger partial charge in [-0.3, -0.25) is 10.1 Å². The molecule has 14 heavy (non-hydrogen) atoms. The van der Waals surface area contributed by atoms with Crippen molar-refractivity contribution in [3.8, 4) is 6.07 Å². The molecule has 0 bridgehead atoms. The highest BCUT2D eigenvalue weighted by molar-refractivity contribution is 5.33. The number of nitro benzene ring substituents is 1. The fraction of sp³-hybridized carbons (Fsp3) is 0.222. The summed E-state index contributed by atoms with van der Waals surface area (Å²) >= 11 is 0. The van der Waals surface area contributed by atoms with Crippen molar-refractivity contribution in [3.63, 3.8) is 0 Å². The van der Waals surface area contributed by atoms with Crippen LogP contribution in [0.2, 0.25) is 0 Å². The van der Waals surface area contributed by atoms with E-state index in [4.69, 9.17) is 5.26 Å². The van der Waals surface area contributed by atoms with Crippen LogP contribution >= 0.6 is 0 Å². The Kier molecular flexibility index (Phi) is 3.15. The standard InChI is InChI=1S/C9H8N2O3/c10-6-5-9(12)7-1-3-8(4-2-7)11(13)14/h1-4,9,12H,5H2. The van der Waals surface area contributed by atoms with Crippen LogP contribution in [-0.4, -0.2) is 10.0 Å². The first-order valence-electron chi connectivity index (χ1n) is 3.94. The Hall–Kier alpha value is -1.93. The molecule has 1 rings (SSSR count). The molecule has 0 aromatic heterocycles. The SMILES string of the molecule is N#CCC(O)c1ccc([N+](=O)[O-])cc1. The molecule has 1 atom stereocenters. The van der Waals surface area contributed by atoms with Crippen molar-refractivity contribution in [1.29, 1.82) is 5.26 Å². The Bertz CT molecular complexity index is 367. The fourth-order valence-electron chi connectivity index (χ4n) is 1.02. The summed E-state index contributed by atoms with van der Waals surface area (Å²) < 4.78 is 0. The van der Waals surface area contributed by atoms with Gasteiger partial charge in [0.05, 0.1) is 23.5 Å². The smallest absolute Gasteiger partial charge is 0.269 e. The summed E-state index contributed by atoms with van der Waals surface area (Å²) in [5.41, 5.74) is 0.482. The second-order valence-electron chi connectivity index (χ2n) is 2.73. The van der Waals surface area contributed by atoms with Crippen LogP contribution in [0.25, 0.3) is 0 Å². The summed E-state index contributed by atoms with van der Waals surface area (Å²) in [6.45, 7) is 0. The Morgan fingerprint density at radius 1 is 1.50 bits per heavy atom. The zero-order valence-corrected chi connectivity index (χ0v) is 7.25. The van der Waals surface area contributed by atoms with Crippen molar-refractivity contribution in [3.05, 3.63) is 39.9 Å². The molecule has 0 fully saturated rings. The molecule has 1 aromatic rings. The molecular formula is C9H8N2O3. The van der Waals surface area contributed by atoms with E-state index in [0.29, 0.717) is 5.56 Å². The number of hydrogen-bond acceptors (Lipinski definition) is 4. The van der Waals surface area contributed by atoms with Gasteiger partial charge in [-0.2, -0.15) is 5.26 Å². The zero-order valence-electron chi connectivity index (χ0n) is 7.25. The molecule has 0 amide bonds. The molecule has 0 radical (unpaired) electrons. The van der Waals surface area contributed by atoms with Gasteiger partial charge in [-0.25, -0.2) is 0 Å². The van der Waals surface area contributed by atoms with Crippen LogP contribution in [0.3, 0.4) is 0 Å². The highest BCUT2D eigenvalue weighted by Gasteiger charge is 2.09. The van der Waals surface area contributed by atoms with Crippen molar-refractivity contribution >= 4 is 5.69 Å². The van der Waals surface area contributed by atoms with E-state index < -0.39 is 11.0 Å². The van der Waals surface area contributed by atoms with E-state index in [2.05, 4.69) is 0 Å². The number of benzene rings is 1. The van der Waals surface area contributed by atoms with Crippen LogP contribution in [0.15, 0.2) is 24.3 Å². The van der Waals surface area contributed by atoms with Crippen LogP contribution in [0, 0.1) is 21.4 Å². The third kappa shape index (κ3) is 2.28. The average Bonchev–Trinajstić information content (AvgIpc) is 2.18. The van der Waals surface area contributed by atoms with Gasteiger partial charge in [0.1, 0.15) is 0 Å². The van der Waals surface area contributed by atoms with Crippen LogP contribution in [0.5, 0.6) is 0 Å². The molecule has 0 saturated carbocycles. The van der Waals surface area contributed by atoms with E-state index in [0.717, 1.165) is 0 Å². The lowest BCUT2D eigenvalue weighted by Gasteiger charge is -2.05. The number of aliphatic hydroxyl groups is 1. The number of nitrogens with zero attached hydrogens (tertiary/aromatic N) is 2. The van der Waals surface area contributed by atoms with Gasteiger partial charge < -0.3 is 5.11 Å². The van der Waals surface area contributed by atoms with Gasteiger partial charge in [0, 0.05) is 12.1 Å². The monoisotopic (exact) mass is 192 g/mol. The van der Waals surface area contributed by atoms with Gasteiger partial charge in [0.15, 0.2) is 0 Å². The minimum atomic E-state index is -0.874. The largest absolute Gasteiger partial charge is 0.387 e. The maximum absolute atomic E-state index is 10.3. The minimum absolute atomic E-state index is 0.0161. The number of hydrogen-bond donors (Lipinski definition) is 1. The molecule has 0 spiro atoms. The first-order valence-corrected chi connectivity index (χ1v) is 3.94. The molecule has 5 nitrogen and oxygen atoms in total. The summed E-state index contributed by atoms with van der Waals surface area (Å²) in [7, 11) is 0. The van der Waals surface area contributed by atoms with Crippen molar-refractivity contribution < 1.29 is 10.0 Å². The van der Waals surface area contributed by atoms with Gasteiger partial charge in [-0.05, 0) is 17.7 Å². The Morgan fingerprint density at radius 3 is 2.50 bits per heavy atom. The Balaban J connectivity index is 2.84. The molecule has 0 aliphatic rings. The quantitative estimate of drug-likeness (QED) is 0.581. The van der Waals surface area contributed by atoms with Crippen LogP contribution in [0.4, 0.5) is 5.69 Å². The zero-order chi connectivity index (χ0) is 10.6. The third-order valence-corrected chi connectivity index (χ3v) is 1.77. The normalized spacial score (nSPS) is 11.7. The Morgan fingerprint density at radius 2 is 2.07 bits per heavy atom. The van der Waals surface area contributed by atoms with Crippen LogP contribution in [0.1, 0.15) is 18.1 Å². The molecule has 1 N–H and O–H groups in total. The summed E-state index contributed by atoms with van der Waals surface area (Å²) in [4.78, 5) is 9.79. The molecule has 5 heteroatoms. The first kappa shape index (κ1) is 10.2. The van der Waals surface area contributed by atoms with E-state index in [-0.39, 0.29) is 12.1 Å². The lowest BCUT2D eigenvalue weighted by molar-refractivity contribution is -0.384. The number of non-ortho nitro benzene ring substituents is 1. The highest BCUT2D eigenvalue weighted by atomic mass is 16.6. The maximum Gasteiger partial charge on any atom is 0.269 e. The third-order valence-electron chi connectivity index (χ3n) is 1.77. The predicted octanol–water partition coefficient (Wildman–Crippen LogP) is 1.54. The summed E-state index contributed by atoms with van der Waals surface area (Å²) in [6.07, 6.45) is -0.890. The lowest BCUT2D eigenvalue weighted by atomic mass is 10.1. The minimum Gasteiger partial charge on any atom is -0.387 e. The molecule has 0 saturated heterocycles. The van der Waals surface area contributed by atoms with Crippen molar-refractivity contribution in [1.82, 2.24) is 0 Å². The van der Waals surface area contributed by atoms with Crippen molar-refractivity contribution in [2.75, 3.05) is 0 Å². The summed E-state index contributed by atoms with van der Waals surface area (Å²) in [5, 5.41) is 28.0. The molecule has 0 aliphatic heterocycles. The fourth-order valence-corrected chi connectivity index (χ4v) is 1.02. The van der Waals surface area contributed by atoms with E-state index in [1.165, 1.54) is 24.3 Å². The summed E-state index contributed by atoms with van der Waals surface area (Å²) in [5.74, 6) is 0. The second-order valence-corrected chi connectivity index (χ2v) is 2.73. The number of rotatable bonds is 3. The maximum atomic E-state index is 10.3. The van der Waals surface area contributed by atoms with Gasteiger partial charge in [0.2, 0.25) is 0 Å². The molecule has 0 heterocycles. The summed E-state index contributed by atoms with van der Waals surface area (Å²) in [6, 6.07) is 7.31.